The van der Waals surface area contributed by atoms with Gasteiger partial charge in [0.1, 0.15) is 0 Å². The first-order chi connectivity index (χ1) is 15.4. The Bertz CT molecular complexity index is 1120. The number of rotatable bonds is 8. The molecule has 3 aromatic rings. The predicted octanol–water partition coefficient (Wildman–Crippen LogP) is 5.75. The van der Waals surface area contributed by atoms with Gasteiger partial charge in [0.05, 0.1) is 11.0 Å². The number of hydrazone groups is 1. The number of nitrogens with zero attached hydrogens (tertiary/aromatic N) is 1. The second-order valence-corrected chi connectivity index (χ2v) is 8.92. The van der Waals surface area contributed by atoms with E-state index in [1.165, 1.54) is 5.56 Å². The van der Waals surface area contributed by atoms with Crippen LogP contribution in [0.5, 0.6) is 0 Å². The van der Waals surface area contributed by atoms with E-state index in [1.54, 1.807) is 55.1 Å². The van der Waals surface area contributed by atoms with Crippen LogP contribution >= 0.6 is 23.4 Å². The van der Waals surface area contributed by atoms with E-state index in [9.17, 15) is 9.59 Å². The SMILES string of the molecule is CC(=NNC(=O)[C@H](C)SCc1ccccc1)c1cccc(NC(=O)c2cccc(Cl)c2)c1. The quantitative estimate of drug-likeness (QED) is 0.328. The van der Waals surface area contributed by atoms with Crippen molar-refractivity contribution in [2.75, 3.05) is 5.32 Å². The summed E-state index contributed by atoms with van der Waals surface area (Å²) in [6, 6.07) is 24.1. The van der Waals surface area contributed by atoms with Gasteiger partial charge in [-0.3, -0.25) is 9.59 Å². The molecule has 0 saturated heterocycles. The standard InChI is InChI=1S/C25H24ClN3O2S/c1-17(28-29-24(30)18(2)32-16-19-8-4-3-5-9-19)20-10-7-13-23(15-20)27-25(31)21-11-6-12-22(26)14-21/h3-15,18H,16H2,1-2H3,(H,27,31)(H,29,30)/t18-/m0/s1. The van der Waals surface area contributed by atoms with Gasteiger partial charge in [-0.2, -0.15) is 5.10 Å². The van der Waals surface area contributed by atoms with Gasteiger partial charge in [-0.05, 0) is 55.3 Å². The zero-order valence-electron chi connectivity index (χ0n) is 17.8. The van der Waals surface area contributed by atoms with Gasteiger partial charge in [0, 0.05) is 22.0 Å². The fraction of sp³-hybridized carbons (Fsp3) is 0.160. The van der Waals surface area contributed by atoms with Crippen molar-refractivity contribution >= 4 is 46.6 Å². The topological polar surface area (TPSA) is 70.6 Å². The smallest absolute Gasteiger partial charge is 0.255 e. The Kier molecular flexibility index (Phi) is 8.48. The van der Waals surface area contributed by atoms with Crippen molar-refractivity contribution < 1.29 is 9.59 Å². The Hall–Kier alpha value is -3.09. The Morgan fingerprint density at radius 1 is 0.969 bits per heavy atom. The molecule has 3 aromatic carbocycles. The van der Waals surface area contributed by atoms with Gasteiger partial charge in [-0.25, -0.2) is 5.43 Å². The molecule has 2 amide bonds. The van der Waals surface area contributed by atoms with Crippen LogP contribution in [0, 0.1) is 0 Å². The highest BCUT2D eigenvalue weighted by Crippen LogP contribution is 2.18. The van der Waals surface area contributed by atoms with Crippen LogP contribution in [0.15, 0.2) is 84.0 Å². The molecular formula is C25H24ClN3O2S. The summed E-state index contributed by atoms with van der Waals surface area (Å²) in [5.74, 6) is 0.347. The minimum absolute atomic E-state index is 0.157. The lowest BCUT2D eigenvalue weighted by molar-refractivity contribution is -0.120. The number of hydrogen-bond donors (Lipinski definition) is 2. The number of carbonyl (C=O) groups excluding carboxylic acids is 2. The van der Waals surface area contributed by atoms with Crippen LogP contribution in [0.1, 0.15) is 35.3 Å². The van der Waals surface area contributed by atoms with Crippen LogP contribution in [0.25, 0.3) is 0 Å². The number of hydrogen-bond acceptors (Lipinski definition) is 4. The van der Waals surface area contributed by atoms with E-state index in [2.05, 4.69) is 15.8 Å². The molecule has 0 aliphatic rings. The highest BCUT2D eigenvalue weighted by molar-refractivity contribution is 7.99. The lowest BCUT2D eigenvalue weighted by Crippen LogP contribution is -2.27. The number of nitrogens with one attached hydrogen (secondary N) is 2. The maximum absolute atomic E-state index is 12.4. The van der Waals surface area contributed by atoms with Crippen molar-refractivity contribution in [3.63, 3.8) is 0 Å². The van der Waals surface area contributed by atoms with E-state index in [0.29, 0.717) is 22.0 Å². The summed E-state index contributed by atoms with van der Waals surface area (Å²) >= 11 is 7.52. The van der Waals surface area contributed by atoms with Crippen molar-refractivity contribution in [1.29, 1.82) is 0 Å². The van der Waals surface area contributed by atoms with Crippen molar-refractivity contribution in [2.24, 2.45) is 5.10 Å². The zero-order chi connectivity index (χ0) is 22.9. The predicted molar refractivity (Wildman–Crippen MR) is 133 cm³/mol. The molecule has 0 aliphatic heterocycles. The molecule has 32 heavy (non-hydrogen) atoms. The highest BCUT2D eigenvalue weighted by atomic mass is 35.5. The summed E-state index contributed by atoms with van der Waals surface area (Å²) < 4.78 is 0. The second-order valence-electron chi connectivity index (χ2n) is 7.16. The van der Waals surface area contributed by atoms with Gasteiger partial charge in [0.2, 0.25) is 0 Å². The van der Waals surface area contributed by atoms with Crippen LogP contribution in [-0.4, -0.2) is 22.8 Å². The second kappa shape index (κ2) is 11.5. The van der Waals surface area contributed by atoms with E-state index in [4.69, 9.17) is 11.6 Å². The minimum Gasteiger partial charge on any atom is -0.322 e. The van der Waals surface area contributed by atoms with Crippen molar-refractivity contribution in [3.05, 3.63) is 101 Å². The molecule has 164 valence electrons. The monoisotopic (exact) mass is 465 g/mol. The lowest BCUT2D eigenvalue weighted by Gasteiger charge is -2.11. The third-order valence-electron chi connectivity index (χ3n) is 4.67. The normalized spacial score (nSPS) is 12.2. The average molecular weight is 466 g/mol. The number of anilines is 1. The van der Waals surface area contributed by atoms with Crippen molar-refractivity contribution in [3.8, 4) is 0 Å². The zero-order valence-corrected chi connectivity index (χ0v) is 19.4. The van der Waals surface area contributed by atoms with E-state index >= 15 is 0 Å². The molecule has 0 saturated carbocycles. The summed E-state index contributed by atoms with van der Waals surface area (Å²) in [7, 11) is 0. The van der Waals surface area contributed by atoms with Crippen LogP contribution in [-0.2, 0) is 10.5 Å². The molecule has 1 atom stereocenters. The van der Waals surface area contributed by atoms with Crippen LogP contribution in [0.4, 0.5) is 5.69 Å². The molecule has 3 rings (SSSR count). The summed E-state index contributed by atoms with van der Waals surface area (Å²) in [4.78, 5) is 24.8. The van der Waals surface area contributed by atoms with Crippen LogP contribution < -0.4 is 10.7 Å². The molecule has 0 heterocycles. The van der Waals surface area contributed by atoms with Gasteiger partial charge in [-0.1, -0.05) is 60.1 Å². The summed E-state index contributed by atoms with van der Waals surface area (Å²) in [5, 5.41) is 7.35. The number of thioether (sulfide) groups is 1. The Labute approximate surface area is 197 Å². The van der Waals surface area contributed by atoms with E-state index < -0.39 is 0 Å². The Morgan fingerprint density at radius 2 is 1.69 bits per heavy atom. The molecule has 0 unspecified atom stereocenters. The van der Waals surface area contributed by atoms with Gasteiger partial charge >= 0.3 is 0 Å². The van der Waals surface area contributed by atoms with E-state index in [-0.39, 0.29) is 17.1 Å². The molecule has 0 spiro atoms. The fourth-order valence-corrected chi connectivity index (χ4v) is 3.85. The maximum Gasteiger partial charge on any atom is 0.255 e. The number of benzene rings is 3. The van der Waals surface area contributed by atoms with Gasteiger partial charge in [-0.15, -0.1) is 11.8 Å². The summed E-state index contributed by atoms with van der Waals surface area (Å²) in [5.41, 5.74) is 6.34. The van der Waals surface area contributed by atoms with Gasteiger partial charge < -0.3 is 5.32 Å². The van der Waals surface area contributed by atoms with Gasteiger partial charge in [0.25, 0.3) is 11.8 Å². The minimum atomic E-state index is -0.253. The fourth-order valence-electron chi connectivity index (χ4n) is 2.82. The summed E-state index contributed by atoms with van der Waals surface area (Å²) in [6.07, 6.45) is 0. The van der Waals surface area contributed by atoms with E-state index in [0.717, 1.165) is 11.3 Å². The Balaban J connectivity index is 1.57. The van der Waals surface area contributed by atoms with Crippen LogP contribution in [0.2, 0.25) is 5.02 Å². The molecule has 0 radical (unpaired) electrons. The molecule has 2 N–H and O–H groups in total. The molecule has 0 aromatic heterocycles. The maximum atomic E-state index is 12.4. The average Bonchev–Trinajstić information content (AvgIpc) is 2.81. The molecule has 0 aliphatic carbocycles. The molecule has 0 bridgehead atoms. The Morgan fingerprint density at radius 3 is 2.44 bits per heavy atom. The third-order valence-corrected chi connectivity index (χ3v) is 6.12. The molecular weight excluding hydrogens is 442 g/mol. The van der Waals surface area contributed by atoms with Crippen molar-refractivity contribution in [1.82, 2.24) is 5.43 Å². The van der Waals surface area contributed by atoms with Gasteiger partial charge in [0.15, 0.2) is 0 Å². The van der Waals surface area contributed by atoms with Crippen LogP contribution in [0.3, 0.4) is 0 Å². The first-order valence-electron chi connectivity index (χ1n) is 10.1. The molecule has 0 fully saturated rings. The molecule has 7 heteroatoms. The van der Waals surface area contributed by atoms with E-state index in [1.807, 2.05) is 49.4 Å². The lowest BCUT2D eigenvalue weighted by atomic mass is 10.1. The number of carbonyl (C=O) groups is 2. The number of amides is 2. The highest BCUT2D eigenvalue weighted by Gasteiger charge is 2.13. The first-order valence-corrected chi connectivity index (χ1v) is 11.5. The van der Waals surface area contributed by atoms with Crippen molar-refractivity contribution in [2.45, 2.75) is 24.9 Å². The first kappa shape index (κ1) is 23.6. The molecule has 5 nitrogen and oxygen atoms in total. The number of halogens is 1. The summed E-state index contributed by atoms with van der Waals surface area (Å²) in [6.45, 7) is 3.67. The largest absolute Gasteiger partial charge is 0.322 e. The third kappa shape index (κ3) is 6.97.